The number of benzene rings is 2. The maximum absolute atomic E-state index is 13.6. The van der Waals surface area contributed by atoms with Gasteiger partial charge in [0.25, 0.3) is 5.91 Å². The first-order valence-electron chi connectivity index (χ1n) is 10.2. The molecule has 0 radical (unpaired) electrons. The van der Waals surface area contributed by atoms with E-state index in [1.807, 2.05) is 6.92 Å². The zero-order valence-corrected chi connectivity index (χ0v) is 18.9. The van der Waals surface area contributed by atoms with Crippen LogP contribution < -0.4 is 5.32 Å². The van der Waals surface area contributed by atoms with E-state index in [-0.39, 0.29) is 39.4 Å². The summed E-state index contributed by atoms with van der Waals surface area (Å²) in [6.45, 7) is 1.25. The molecule has 2 saturated carbocycles. The summed E-state index contributed by atoms with van der Waals surface area (Å²) in [5.74, 6) is -6.78. The highest BCUT2D eigenvalue weighted by atomic mass is 35.5. The van der Waals surface area contributed by atoms with Crippen LogP contribution in [-0.2, 0) is 9.84 Å². The van der Waals surface area contributed by atoms with E-state index < -0.39 is 56.6 Å². The predicted molar refractivity (Wildman–Crippen MR) is 114 cm³/mol. The molecule has 2 aromatic carbocycles. The van der Waals surface area contributed by atoms with Crippen molar-refractivity contribution in [1.82, 2.24) is 0 Å². The van der Waals surface area contributed by atoms with E-state index in [2.05, 4.69) is 5.32 Å². The van der Waals surface area contributed by atoms with Crippen molar-refractivity contribution < 1.29 is 36.6 Å². The van der Waals surface area contributed by atoms with Crippen molar-refractivity contribution >= 4 is 33.0 Å². The molecule has 2 aliphatic rings. The molecular weight excluding hydrogens is 483 g/mol. The minimum Gasteiger partial charge on any atom is -0.393 e. The number of anilines is 1. The Morgan fingerprint density at radius 1 is 1.21 bits per heavy atom. The lowest BCUT2D eigenvalue weighted by molar-refractivity contribution is -0.0710. The van der Waals surface area contributed by atoms with Crippen molar-refractivity contribution in [3.8, 4) is 0 Å². The Morgan fingerprint density at radius 2 is 1.85 bits per heavy atom. The fraction of sp³-hybridized carbons (Fsp3) is 0.409. The van der Waals surface area contributed by atoms with Crippen molar-refractivity contribution in [2.45, 2.75) is 35.5 Å². The topological polar surface area (TPSA) is 104 Å². The molecule has 2 aliphatic carbocycles. The fourth-order valence-electron chi connectivity index (χ4n) is 5.46. The van der Waals surface area contributed by atoms with Crippen LogP contribution in [0.1, 0.15) is 30.1 Å². The molecule has 6 nitrogen and oxygen atoms in total. The Balaban J connectivity index is 1.67. The smallest absolute Gasteiger partial charge is 0.255 e. The van der Waals surface area contributed by atoms with Gasteiger partial charge in [0.1, 0.15) is 0 Å². The number of carbonyl (C=O) groups excluding carboxylic acids is 1. The first kappa shape index (κ1) is 24.0. The summed E-state index contributed by atoms with van der Waals surface area (Å²) < 4.78 is 67.2. The van der Waals surface area contributed by atoms with Crippen LogP contribution in [0.25, 0.3) is 0 Å². The number of rotatable bonds is 5. The summed E-state index contributed by atoms with van der Waals surface area (Å²) in [5, 5.41) is 21.6. The number of hydrogen-bond acceptors (Lipinski definition) is 5. The standard InChI is InChI=1S/C22H21ClF3NO5S/c1-10-4-12-8-22(30,9-28)18(10)20(12)33(31,32)17-5-11(2-3-14(17)23)21(29)27-13-6-15(24)19(26)16(25)7-13/h2-3,5-7,10,12,18,20,28,30H,4,8-9H2,1H3,(H,27,29)/t10-,12?,18?,20+,22-/m0/s1. The quantitative estimate of drug-likeness (QED) is 0.541. The Bertz CT molecular complexity index is 1220. The van der Waals surface area contributed by atoms with Crippen molar-refractivity contribution in [1.29, 1.82) is 0 Å². The third kappa shape index (κ3) is 3.92. The minimum absolute atomic E-state index is 0.128. The number of carbonyl (C=O) groups is 1. The van der Waals surface area contributed by atoms with Gasteiger partial charge in [0.05, 0.1) is 27.4 Å². The number of aliphatic hydroxyl groups is 2. The highest BCUT2D eigenvalue weighted by Crippen LogP contribution is 2.57. The van der Waals surface area contributed by atoms with E-state index in [1.165, 1.54) is 12.1 Å². The maximum Gasteiger partial charge on any atom is 0.255 e. The highest BCUT2D eigenvalue weighted by Gasteiger charge is 2.63. The Hall–Kier alpha value is -2.14. The number of halogens is 4. The average Bonchev–Trinajstić information content (AvgIpc) is 3.23. The van der Waals surface area contributed by atoms with Crippen LogP contribution in [0, 0.1) is 35.2 Å². The van der Waals surface area contributed by atoms with Crippen molar-refractivity contribution in [2.75, 3.05) is 11.9 Å². The van der Waals surface area contributed by atoms with E-state index >= 15 is 0 Å². The molecule has 0 saturated heterocycles. The summed E-state index contributed by atoms with van der Waals surface area (Å²) in [7, 11) is -4.12. The van der Waals surface area contributed by atoms with Crippen molar-refractivity contribution in [3.05, 3.63) is 58.4 Å². The lowest BCUT2D eigenvalue weighted by Gasteiger charge is -2.34. The second-order valence-corrected chi connectivity index (χ2v) is 11.3. The molecule has 0 aliphatic heterocycles. The summed E-state index contributed by atoms with van der Waals surface area (Å²) in [5.41, 5.74) is -2.02. The van der Waals surface area contributed by atoms with Gasteiger partial charge in [-0.15, -0.1) is 0 Å². The SMILES string of the molecule is C[C@H]1CC2C[C@](O)(CO)C1[C@@H]2S(=O)(=O)c1cc(C(=O)Nc2cc(F)c(F)c(F)c2)ccc1Cl. The van der Waals surface area contributed by atoms with E-state index in [0.29, 0.717) is 18.6 Å². The Labute approximate surface area is 193 Å². The lowest BCUT2D eigenvalue weighted by atomic mass is 9.78. The van der Waals surface area contributed by atoms with Crippen LogP contribution in [0.2, 0.25) is 5.02 Å². The molecule has 33 heavy (non-hydrogen) atoms. The molecule has 0 heterocycles. The number of fused-ring (bicyclic) bond motifs is 2. The van der Waals surface area contributed by atoms with E-state index in [0.717, 1.165) is 6.07 Å². The highest BCUT2D eigenvalue weighted by molar-refractivity contribution is 7.92. The van der Waals surface area contributed by atoms with Crippen molar-refractivity contribution in [2.24, 2.45) is 17.8 Å². The summed E-state index contributed by atoms with van der Waals surface area (Å²) >= 11 is 6.18. The molecule has 2 fully saturated rings. The number of nitrogens with one attached hydrogen (secondary N) is 1. The molecule has 2 bridgehead atoms. The van der Waals surface area contributed by atoms with Gasteiger partial charge in [-0.25, -0.2) is 21.6 Å². The molecule has 2 unspecified atom stereocenters. The molecule has 5 atom stereocenters. The third-order valence-electron chi connectivity index (χ3n) is 6.72. The fourth-order valence-corrected chi connectivity index (χ4v) is 8.44. The van der Waals surface area contributed by atoms with Crippen LogP contribution in [-0.4, -0.2) is 42.0 Å². The molecule has 11 heteroatoms. The van der Waals surface area contributed by atoms with Gasteiger partial charge in [-0.2, -0.15) is 0 Å². The van der Waals surface area contributed by atoms with Gasteiger partial charge in [0.15, 0.2) is 27.3 Å². The molecular formula is C22H21ClF3NO5S. The number of sulfone groups is 1. The van der Waals surface area contributed by atoms with Gasteiger partial charge in [-0.3, -0.25) is 4.79 Å². The molecule has 4 rings (SSSR count). The van der Waals surface area contributed by atoms with Crippen molar-refractivity contribution in [3.63, 3.8) is 0 Å². The number of hydrogen-bond donors (Lipinski definition) is 3. The van der Waals surface area contributed by atoms with E-state index in [1.54, 1.807) is 0 Å². The molecule has 0 spiro atoms. The first-order valence-corrected chi connectivity index (χ1v) is 12.1. The Kier molecular flexibility index (Phi) is 6.01. The molecule has 1 amide bonds. The zero-order chi connectivity index (χ0) is 24.3. The monoisotopic (exact) mass is 503 g/mol. The third-order valence-corrected chi connectivity index (χ3v) is 9.50. The van der Waals surface area contributed by atoms with E-state index in [9.17, 15) is 36.6 Å². The lowest BCUT2D eigenvalue weighted by Crippen LogP contribution is -2.45. The van der Waals surface area contributed by atoms with Crippen LogP contribution in [0.4, 0.5) is 18.9 Å². The largest absolute Gasteiger partial charge is 0.393 e. The van der Waals surface area contributed by atoms with Crippen LogP contribution >= 0.6 is 11.6 Å². The van der Waals surface area contributed by atoms with Crippen LogP contribution in [0.5, 0.6) is 0 Å². The summed E-state index contributed by atoms with van der Waals surface area (Å²) in [6, 6.07) is 4.70. The molecule has 3 N–H and O–H groups in total. The molecule has 0 aromatic heterocycles. The number of amides is 1. The van der Waals surface area contributed by atoms with Gasteiger partial charge < -0.3 is 15.5 Å². The zero-order valence-electron chi connectivity index (χ0n) is 17.4. The molecule has 178 valence electrons. The normalized spacial score (nSPS) is 28.8. The maximum atomic E-state index is 13.6. The number of aliphatic hydroxyl groups excluding tert-OH is 1. The second-order valence-electron chi connectivity index (χ2n) is 8.83. The molecule has 2 aromatic rings. The second kappa shape index (κ2) is 8.26. The summed E-state index contributed by atoms with van der Waals surface area (Å²) in [4.78, 5) is 12.3. The van der Waals surface area contributed by atoms with Gasteiger partial charge in [0, 0.05) is 29.3 Å². The van der Waals surface area contributed by atoms with Crippen LogP contribution in [0.15, 0.2) is 35.2 Å². The predicted octanol–water partition coefficient (Wildman–Crippen LogP) is 3.55. The Morgan fingerprint density at radius 3 is 2.45 bits per heavy atom. The van der Waals surface area contributed by atoms with Gasteiger partial charge in [-0.1, -0.05) is 18.5 Å². The van der Waals surface area contributed by atoms with E-state index in [4.69, 9.17) is 11.6 Å². The van der Waals surface area contributed by atoms with Crippen LogP contribution in [0.3, 0.4) is 0 Å². The van der Waals surface area contributed by atoms with Gasteiger partial charge in [0.2, 0.25) is 0 Å². The van der Waals surface area contributed by atoms with Gasteiger partial charge >= 0.3 is 0 Å². The van der Waals surface area contributed by atoms with Gasteiger partial charge in [-0.05, 0) is 42.9 Å². The summed E-state index contributed by atoms with van der Waals surface area (Å²) in [6.07, 6.45) is 0.707. The minimum atomic E-state index is -4.12. The first-order chi connectivity index (χ1) is 15.4. The average molecular weight is 504 g/mol.